The minimum Gasteiger partial charge on any atom is -0.493 e. The lowest BCUT2D eigenvalue weighted by Gasteiger charge is -2.38. The van der Waals surface area contributed by atoms with Crippen LogP contribution in [0, 0.1) is 5.41 Å². The molecule has 3 aliphatic rings. The minimum atomic E-state index is -0.473. The summed E-state index contributed by atoms with van der Waals surface area (Å²) in [6, 6.07) is 6.42. The molecule has 154 valence electrons. The fourth-order valence-electron chi connectivity index (χ4n) is 6.24. The summed E-state index contributed by atoms with van der Waals surface area (Å²) >= 11 is 0. The molecule has 1 aromatic carbocycles. The van der Waals surface area contributed by atoms with E-state index in [1.165, 1.54) is 0 Å². The zero-order valence-electron chi connectivity index (χ0n) is 17.4. The second-order valence-corrected chi connectivity index (χ2v) is 8.90. The SMILES string of the molecule is CC[C@@]1(CO)C[C@@H]2CC[C@H]1N2C(=O)C1(c2ccc(OC)c(OC)c2)CCCC1. The van der Waals surface area contributed by atoms with Crippen LogP contribution in [0.2, 0.25) is 0 Å². The number of carbonyl (C=O) groups is 1. The lowest BCUT2D eigenvalue weighted by Crippen LogP contribution is -2.50. The number of nitrogens with zero attached hydrogens (tertiary/aromatic N) is 1. The Labute approximate surface area is 168 Å². The monoisotopic (exact) mass is 387 g/mol. The Hall–Kier alpha value is -1.75. The van der Waals surface area contributed by atoms with Gasteiger partial charge in [0.1, 0.15) is 0 Å². The van der Waals surface area contributed by atoms with Crippen molar-refractivity contribution in [1.82, 2.24) is 4.90 Å². The molecule has 3 fully saturated rings. The molecule has 0 radical (unpaired) electrons. The molecule has 3 atom stereocenters. The molecule has 2 bridgehead atoms. The van der Waals surface area contributed by atoms with E-state index in [0.717, 1.165) is 56.9 Å². The Kier molecular flexibility index (Phi) is 5.07. The Morgan fingerprint density at radius 1 is 1.18 bits per heavy atom. The van der Waals surface area contributed by atoms with Crippen molar-refractivity contribution in [3.8, 4) is 11.5 Å². The number of amides is 1. The highest BCUT2D eigenvalue weighted by Gasteiger charge is 2.59. The highest BCUT2D eigenvalue weighted by atomic mass is 16.5. The zero-order chi connectivity index (χ0) is 19.9. The largest absolute Gasteiger partial charge is 0.493 e. The second kappa shape index (κ2) is 7.25. The first kappa shape index (κ1) is 19.6. The van der Waals surface area contributed by atoms with Gasteiger partial charge < -0.3 is 19.5 Å². The molecular formula is C23H33NO4. The van der Waals surface area contributed by atoms with Crippen LogP contribution in [0.1, 0.15) is 63.9 Å². The molecule has 1 N–H and O–H groups in total. The molecule has 0 unspecified atom stereocenters. The third-order valence-electron chi connectivity index (χ3n) is 7.91. The van der Waals surface area contributed by atoms with Gasteiger partial charge in [-0.2, -0.15) is 0 Å². The van der Waals surface area contributed by atoms with Crippen LogP contribution in [0.25, 0.3) is 0 Å². The number of aliphatic hydroxyl groups excluding tert-OH is 1. The van der Waals surface area contributed by atoms with Crippen molar-refractivity contribution in [2.24, 2.45) is 5.41 Å². The number of benzene rings is 1. The molecule has 5 nitrogen and oxygen atoms in total. The van der Waals surface area contributed by atoms with Crippen molar-refractivity contribution in [2.75, 3.05) is 20.8 Å². The van der Waals surface area contributed by atoms with Crippen LogP contribution in [-0.2, 0) is 10.2 Å². The third-order valence-corrected chi connectivity index (χ3v) is 7.91. The molecule has 2 aliphatic heterocycles. The van der Waals surface area contributed by atoms with Crippen LogP contribution in [0.4, 0.5) is 0 Å². The predicted molar refractivity (Wildman–Crippen MR) is 108 cm³/mol. The number of rotatable bonds is 6. The second-order valence-electron chi connectivity index (χ2n) is 8.90. The van der Waals surface area contributed by atoms with Gasteiger partial charge in [0.2, 0.25) is 5.91 Å². The summed E-state index contributed by atoms with van der Waals surface area (Å²) in [4.78, 5) is 16.3. The van der Waals surface area contributed by atoms with Gasteiger partial charge in [-0.15, -0.1) is 0 Å². The number of fused-ring (bicyclic) bond motifs is 2. The van der Waals surface area contributed by atoms with E-state index in [0.29, 0.717) is 11.5 Å². The fraction of sp³-hybridized carbons (Fsp3) is 0.696. The van der Waals surface area contributed by atoms with Gasteiger partial charge in [0.15, 0.2) is 11.5 Å². The van der Waals surface area contributed by atoms with Crippen molar-refractivity contribution in [3.63, 3.8) is 0 Å². The summed E-state index contributed by atoms with van der Waals surface area (Å²) in [7, 11) is 3.28. The van der Waals surface area contributed by atoms with Crippen molar-refractivity contribution in [2.45, 2.75) is 75.8 Å². The Morgan fingerprint density at radius 2 is 1.89 bits per heavy atom. The first-order valence-electron chi connectivity index (χ1n) is 10.7. The summed E-state index contributed by atoms with van der Waals surface area (Å²) in [5.74, 6) is 1.65. The highest BCUT2D eigenvalue weighted by molar-refractivity contribution is 5.90. The topological polar surface area (TPSA) is 59.0 Å². The van der Waals surface area contributed by atoms with E-state index in [-0.39, 0.29) is 30.0 Å². The van der Waals surface area contributed by atoms with Crippen molar-refractivity contribution < 1.29 is 19.4 Å². The lowest BCUT2D eigenvalue weighted by molar-refractivity contribution is -0.139. The average Bonchev–Trinajstić information content (AvgIpc) is 3.46. The molecule has 28 heavy (non-hydrogen) atoms. The highest BCUT2D eigenvalue weighted by Crippen LogP contribution is 2.54. The quantitative estimate of drug-likeness (QED) is 0.809. The van der Waals surface area contributed by atoms with Crippen LogP contribution >= 0.6 is 0 Å². The van der Waals surface area contributed by atoms with Crippen molar-refractivity contribution in [3.05, 3.63) is 23.8 Å². The van der Waals surface area contributed by atoms with E-state index in [1.54, 1.807) is 14.2 Å². The van der Waals surface area contributed by atoms with Gasteiger partial charge in [-0.3, -0.25) is 4.79 Å². The molecule has 2 heterocycles. The van der Waals surface area contributed by atoms with Gasteiger partial charge >= 0.3 is 0 Å². The number of carbonyl (C=O) groups excluding carboxylic acids is 1. The molecule has 5 heteroatoms. The third kappa shape index (κ3) is 2.66. The number of ether oxygens (including phenoxy) is 2. The van der Waals surface area contributed by atoms with Crippen LogP contribution in [0.5, 0.6) is 11.5 Å². The standard InChI is InChI=1S/C23H33NO4/c1-4-22(15-25)14-17-8-10-20(22)24(17)21(26)23(11-5-6-12-23)16-7-9-18(27-2)19(13-16)28-3/h7,9,13,17,20,25H,4-6,8,10-12,14-15H2,1-3H3/t17-,20+,22-/m0/s1. The van der Waals surface area contributed by atoms with Gasteiger partial charge in [-0.05, 0) is 56.2 Å². The number of aliphatic hydroxyl groups is 1. The van der Waals surface area contributed by atoms with Gasteiger partial charge in [0.05, 0.1) is 26.2 Å². The molecule has 4 rings (SSSR count). The van der Waals surface area contributed by atoms with E-state index < -0.39 is 5.41 Å². The zero-order valence-corrected chi connectivity index (χ0v) is 17.4. The molecule has 1 saturated carbocycles. The van der Waals surface area contributed by atoms with Gasteiger partial charge in [0, 0.05) is 17.5 Å². The van der Waals surface area contributed by atoms with Crippen LogP contribution < -0.4 is 9.47 Å². The van der Waals surface area contributed by atoms with Crippen LogP contribution in [-0.4, -0.2) is 48.8 Å². The first-order valence-corrected chi connectivity index (χ1v) is 10.7. The Morgan fingerprint density at radius 3 is 2.46 bits per heavy atom. The van der Waals surface area contributed by atoms with E-state index in [9.17, 15) is 9.90 Å². The molecule has 1 aromatic rings. The van der Waals surface area contributed by atoms with Crippen molar-refractivity contribution in [1.29, 1.82) is 0 Å². The minimum absolute atomic E-state index is 0.115. The van der Waals surface area contributed by atoms with Crippen LogP contribution in [0.15, 0.2) is 18.2 Å². The predicted octanol–water partition coefficient (Wildman–Crippen LogP) is 3.67. The number of hydrogen-bond donors (Lipinski definition) is 1. The van der Waals surface area contributed by atoms with Gasteiger partial charge in [-0.25, -0.2) is 0 Å². The van der Waals surface area contributed by atoms with Gasteiger partial charge in [0.25, 0.3) is 0 Å². The van der Waals surface area contributed by atoms with Crippen LogP contribution in [0.3, 0.4) is 0 Å². The maximum atomic E-state index is 14.1. The summed E-state index contributed by atoms with van der Waals surface area (Å²) in [5.41, 5.74) is 0.459. The molecule has 1 aliphatic carbocycles. The normalized spacial score (nSPS) is 30.6. The summed E-state index contributed by atoms with van der Waals surface area (Å²) < 4.78 is 10.9. The maximum Gasteiger partial charge on any atom is 0.233 e. The van der Waals surface area contributed by atoms with Gasteiger partial charge in [-0.1, -0.05) is 25.8 Å². The van der Waals surface area contributed by atoms with Crippen molar-refractivity contribution >= 4 is 5.91 Å². The smallest absolute Gasteiger partial charge is 0.233 e. The first-order chi connectivity index (χ1) is 13.5. The maximum absolute atomic E-state index is 14.1. The molecular weight excluding hydrogens is 354 g/mol. The lowest BCUT2D eigenvalue weighted by atomic mass is 9.72. The van der Waals surface area contributed by atoms with E-state index in [2.05, 4.69) is 11.8 Å². The van der Waals surface area contributed by atoms with E-state index in [4.69, 9.17) is 9.47 Å². The Balaban J connectivity index is 1.72. The fourth-order valence-corrected chi connectivity index (χ4v) is 6.24. The molecule has 0 aromatic heterocycles. The molecule has 1 amide bonds. The summed E-state index contributed by atoms with van der Waals surface area (Å²) in [6.07, 6.45) is 7.87. The Bertz CT molecular complexity index is 736. The summed E-state index contributed by atoms with van der Waals surface area (Å²) in [6.45, 7) is 2.33. The van der Waals surface area contributed by atoms with E-state index >= 15 is 0 Å². The number of hydrogen-bond acceptors (Lipinski definition) is 4. The number of methoxy groups -OCH3 is 2. The summed E-state index contributed by atoms with van der Waals surface area (Å²) in [5, 5.41) is 10.1. The average molecular weight is 388 g/mol. The molecule has 2 saturated heterocycles. The van der Waals surface area contributed by atoms with E-state index in [1.807, 2.05) is 18.2 Å². The molecule has 0 spiro atoms.